The zero-order chi connectivity index (χ0) is 12.7. The van der Waals surface area contributed by atoms with E-state index in [1.165, 1.54) is 25.7 Å². The fourth-order valence-corrected chi connectivity index (χ4v) is 2.61. The van der Waals surface area contributed by atoms with Crippen LogP contribution in [0.25, 0.3) is 0 Å². The van der Waals surface area contributed by atoms with Crippen LogP contribution < -0.4 is 5.32 Å². The Morgan fingerprint density at radius 1 is 1.35 bits per heavy atom. The third kappa shape index (κ3) is 4.66. The highest BCUT2D eigenvalue weighted by molar-refractivity contribution is 5.75. The molecule has 1 N–H and O–H groups in total. The van der Waals surface area contributed by atoms with Gasteiger partial charge >= 0.3 is 5.97 Å². The van der Waals surface area contributed by atoms with Crippen molar-refractivity contribution in [3.63, 3.8) is 0 Å². The molecule has 0 spiro atoms. The smallest absolute Gasteiger partial charge is 0.323 e. The molecule has 0 amide bonds. The summed E-state index contributed by atoms with van der Waals surface area (Å²) in [6.45, 7) is 7.69. The molecule has 0 aromatic rings. The molecule has 1 rings (SSSR count). The van der Waals surface area contributed by atoms with Crippen LogP contribution in [-0.2, 0) is 9.53 Å². The molecular formula is C14H27NO2. The Morgan fingerprint density at radius 3 is 2.53 bits per heavy atom. The number of carbonyl (C=O) groups is 1. The first-order valence-corrected chi connectivity index (χ1v) is 7.01. The number of nitrogens with one attached hydrogen (secondary N) is 1. The Balaban J connectivity index is 2.40. The summed E-state index contributed by atoms with van der Waals surface area (Å²) in [5.74, 6) is -0.0871. The third-order valence-electron chi connectivity index (χ3n) is 3.73. The van der Waals surface area contributed by atoms with Crippen LogP contribution in [0.2, 0.25) is 0 Å². The lowest BCUT2D eigenvalue weighted by Gasteiger charge is -2.27. The average molecular weight is 241 g/mol. The molecule has 17 heavy (non-hydrogen) atoms. The van der Waals surface area contributed by atoms with E-state index in [0.717, 1.165) is 19.4 Å². The molecule has 1 unspecified atom stereocenters. The van der Waals surface area contributed by atoms with Gasteiger partial charge in [-0.25, -0.2) is 0 Å². The maximum atomic E-state index is 11.8. The summed E-state index contributed by atoms with van der Waals surface area (Å²) >= 11 is 0. The van der Waals surface area contributed by atoms with Gasteiger partial charge in [0.15, 0.2) is 0 Å². The van der Waals surface area contributed by atoms with Crippen LogP contribution in [0.5, 0.6) is 0 Å². The van der Waals surface area contributed by atoms with E-state index in [1.807, 2.05) is 6.92 Å². The number of carbonyl (C=O) groups excluding carboxylic acids is 1. The van der Waals surface area contributed by atoms with E-state index in [9.17, 15) is 4.79 Å². The Bertz CT molecular complexity index is 234. The second-order valence-corrected chi connectivity index (χ2v) is 5.49. The van der Waals surface area contributed by atoms with Gasteiger partial charge < -0.3 is 10.1 Å². The van der Waals surface area contributed by atoms with E-state index in [0.29, 0.717) is 12.0 Å². The first-order chi connectivity index (χ1) is 8.11. The summed E-state index contributed by atoms with van der Waals surface area (Å²) in [5.41, 5.74) is 0.387. The summed E-state index contributed by atoms with van der Waals surface area (Å²) in [4.78, 5) is 11.8. The van der Waals surface area contributed by atoms with Gasteiger partial charge in [-0.05, 0) is 31.6 Å². The summed E-state index contributed by atoms with van der Waals surface area (Å²) in [5, 5.41) is 3.41. The lowest BCUT2D eigenvalue weighted by Crippen LogP contribution is -2.42. The van der Waals surface area contributed by atoms with Crippen LogP contribution in [0, 0.1) is 5.41 Å². The predicted molar refractivity (Wildman–Crippen MR) is 69.9 cm³/mol. The molecule has 3 nitrogen and oxygen atoms in total. The maximum absolute atomic E-state index is 11.8. The van der Waals surface area contributed by atoms with Gasteiger partial charge in [-0.3, -0.25) is 4.79 Å². The highest BCUT2D eigenvalue weighted by Crippen LogP contribution is 2.36. The maximum Gasteiger partial charge on any atom is 0.323 e. The van der Waals surface area contributed by atoms with E-state index in [4.69, 9.17) is 4.74 Å². The van der Waals surface area contributed by atoms with E-state index in [-0.39, 0.29) is 12.0 Å². The largest absolute Gasteiger partial charge is 0.465 e. The van der Waals surface area contributed by atoms with Gasteiger partial charge in [0.05, 0.1) is 6.61 Å². The minimum atomic E-state index is -0.114. The third-order valence-corrected chi connectivity index (χ3v) is 3.73. The molecule has 1 atom stereocenters. The number of rotatable bonds is 7. The van der Waals surface area contributed by atoms with Crippen molar-refractivity contribution in [1.29, 1.82) is 0 Å². The number of esters is 1. The molecule has 1 aliphatic rings. The minimum Gasteiger partial charge on any atom is -0.465 e. The summed E-state index contributed by atoms with van der Waals surface area (Å²) in [6.07, 6.45) is 7.09. The zero-order valence-electron chi connectivity index (χ0n) is 11.6. The van der Waals surface area contributed by atoms with Crippen LogP contribution in [0.1, 0.15) is 59.3 Å². The Kier molecular flexibility index (Phi) is 5.96. The van der Waals surface area contributed by atoms with Gasteiger partial charge in [-0.2, -0.15) is 0 Å². The van der Waals surface area contributed by atoms with Crippen molar-refractivity contribution in [2.75, 3.05) is 13.2 Å². The van der Waals surface area contributed by atoms with Crippen molar-refractivity contribution in [2.45, 2.75) is 65.3 Å². The number of ether oxygens (including phenoxy) is 1. The van der Waals surface area contributed by atoms with E-state index < -0.39 is 0 Å². The predicted octanol–water partition coefficient (Wildman–Crippen LogP) is 2.89. The quantitative estimate of drug-likeness (QED) is 0.697. The van der Waals surface area contributed by atoms with E-state index >= 15 is 0 Å². The lowest BCUT2D eigenvalue weighted by molar-refractivity contribution is -0.146. The normalized spacial score (nSPS) is 20.2. The van der Waals surface area contributed by atoms with Crippen molar-refractivity contribution in [3.8, 4) is 0 Å². The van der Waals surface area contributed by atoms with Crippen LogP contribution in [-0.4, -0.2) is 25.2 Å². The summed E-state index contributed by atoms with van der Waals surface area (Å²) in [6, 6.07) is -0.114. The van der Waals surface area contributed by atoms with Crippen molar-refractivity contribution in [2.24, 2.45) is 5.41 Å². The summed E-state index contributed by atoms with van der Waals surface area (Å²) < 4.78 is 5.10. The molecule has 0 aromatic heterocycles. The monoisotopic (exact) mass is 241 g/mol. The Hall–Kier alpha value is -0.570. The lowest BCUT2D eigenvalue weighted by atomic mass is 9.88. The van der Waals surface area contributed by atoms with Crippen molar-refractivity contribution >= 4 is 5.97 Å². The molecule has 100 valence electrons. The Morgan fingerprint density at radius 2 is 2.00 bits per heavy atom. The molecule has 0 aromatic carbocycles. The highest BCUT2D eigenvalue weighted by Gasteiger charge is 2.30. The highest BCUT2D eigenvalue weighted by atomic mass is 16.5. The molecule has 1 aliphatic carbocycles. The van der Waals surface area contributed by atoms with Crippen LogP contribution in [0.15, 0.2) is 0 Å². The fraction of sp³-hybridized carbons (Fsp3) is 0.929. The standard InChI is InChI=1S/C14H27NO2/c1-4-8-12(13(16)17-5-2)15-11-14(3)9-6-7-10-14/h12,15H,4-11H2,1-3H3. The molecular weight excluding hydrogens is 214 g/mol. The average Bonchev–Trinajstić information content (AvgIpc) is 2.72. The molecule has 1 fully saturated rings. The van der Waals surface area contributed by atoms with Gasteiger partial charge in [0, 0.05) is 6.54 Å². The van der Waals surface area contributed by atoms with Crippen LogP contribution >= 0.6 is 0 Å². The topological polar surface area (TPSA) is 38.3 Å². The van der Waals surface area contributed by atoms with E-state index in [2.05, 4.69) is 19.2 Å². The molecule has 0 saturated heterocycles. The summed E-state index contributed by atoms with van der Waals surface area (Å²) in [7, 11) is 0. The SMILES string of the molecule is CCCC(NCC1(C)CCCC1)C(=O)OCC. The molecule has 1 saturated carbocycles. The number of hydrogen-bond acceptors (Lipinski definition) is 3. The van der Waals surface area contributed by atoms with Crippen LogP contribution in [0.3, 0.4) is 0 Å². The second-order valence-electron chi connectivity index (χ2n) is 5.49. The van der Waals surface area contributed by atoms with Gasteiger partial charge in [0.25, 0.3) is 0 Å². The van der Waals surface area contributed by atoms with E-state index in [1.54, 1.807) is 0 Å². The first-order valence-electron chi connectivity index (χ1n) is 7.01. The van der Waals surface area contributed by atoms with Gasteiger partial charge in [-0.1, -0.05) is 33.1 Å². The van der Waals surface area contributed by atoms with Crippen molar-refractivity contribution in [1.82, 2.24) is 5.32 Å². The zero-order valence-corrected chi connectivity index (χ0v) is 11.6. The number of hydrogen-bond donors (Lipinski definition) is 1. The van der Waals surface area contributed by atoms with Gasteiger partial charge in [0.1, 0.15) is 6.04 Å². The van der Waals surface area contributed by atoms with Gasteiger partial charge in [-0.15, -0.1) is 0 Å². The first kappa shape index (κ1) is 14.5. The molecule has 0 heterocycles. The molecule has 0 bridgehead atoms. The second kappa shape index (κ2) is 7.00. The minimum absolute atomic E-state index is 0.0871. The Labute approximate surface area is 105 Å². The molecule has 3 heteroatoms. The van der Waals surface area contributed by atoms with Crippen molar-refractivity contribution in [3.05, 3.63) is 0 Å². The van der Waals surface area contributed by atoms with Gasteiger partial charge in [0.2, 0.25) is 0 Å². The molecule has 0 radical (unpaired) electrons. The van der Waals surface area contributed by atoms with Crippen LogP contribution in [0.4, 0.5) is 0 Å². The van der Waals surface area contributed by atoms with Crippen molar-refractivity contribution < 1.29 is 9.53 Å². The fourth-order valence-electron chi connectivity index (χ4n) is 2.61. The molecule has 0 aliphatic heterocycles.